The largest absolute Gasteiger partial charge is 0.320 e. The van der Waals surface area contributed by atoms with Gasteiger partial charge in [0.15, 0.2) is 0 Å². The lowest BCUT2D eigenvalue weighted by molar-refractivity contribution is 0.540. The number of aryl methyl sites for hydroxylation is 1. The zero-order chi connectivity index (χ0) is 14.2. The van der Waals surface area contributed by atoms with Crippen molar-refractivity contribution < 1.29 is 13.2 Å². The van der Waals surface area contributed by atoms with Crippen molar-refractivity contribution in [3.05, 3.63) is 68.9 Å². The van der Waals surface area contributed by atoms with Gasteiger partial charge in [0, 0.05) is 10.0 Å². The van der Waals surface area contributed by atoms with Crippen molar-refractivity contribution in [3.8, 4) is 0 Å². The van der Waals surface area contributed by atoms with E-state index in [0.717, 1.165) is 12.1 Å². The average molecular weight is 330 g/mol. The fraction of sp³-hybridized carbons (Fsp3) is 0.143. The Balaban J connectivity index is 2.49. The van der Waals surface area contributed by atoms with E-state index in [4.69, 9.17) is 5.73 Å². The number of hydrogen-bond donors (Lipinski definition) is 1. The first-order chi connectivity index (χ1) is 8.90. The molecule has 0 heterocycles. The third-order valence-electron chi connectivity index (χ3n) is 2.91. The molecule has 2 aromatic carbocycles. The van der Waals surface area contributed by atoms with Gasteiger partial charge < -0.3 is 5.73 Å². The summed E-state index contributed by atoms with van der Waals surface area (Å²) in [5.41, 5.74) is 6.33. The SMILES string of the molecule is Cc1ccc(C(N)c2c(F)cc(Br)cc2F)cc1F. The molecule has 0 saturated carbocycles. The van der Waals surface area contributed by atoms with Gasteiger partial charge in [-0.15, -0.1) is 0 Å². The Kier molecular flexibility index (Phi) is 3.96. The van der Waals surface area contributed by atoms with Gasteiger partial charge in [0.1, 0.15) is 17.5 Å². The highest BCUT2D eigenvalue weighted by Gasteiger charge is 2.20. The summed E-state index contributed by atoms with van der Waals surface area (Å²) in [6.07, 6.45) is 0. The van der Waals surface area contributed by atoms with E-state index < -0.39 is 23.5 Å². The molecule has 19 heavy (non-hydrogen) atoms. The molecule has 0 bridgehead atoms. The van der Waals surface area contributed by atoms with Gasteiger partial charge in [-0.2, -0.15) is 0 Å². The van der Waals surface area contributed by atoms with Gasteiger partial charge in [-0.1, -0.05) is 28.1 Å². The Labute approximate surface area is 117 Å². The fourth-order valence-electron chi connectivity index (χ4n) is 1.82. The predicted octanol–water partition coefficient (Wildman–Crippen LogP) is 4.22. The van der Waals surface area contributed by atoms with Crippen molar-refractivity contribution in [2.45, 2.75) is 13.0 Å². The molecule has 0 fully saturated rings. The second-order valence-corrected chi connectivity index (χ2v) is 5.19. The molecular formula is C14H11BrF3N. The molecule has 1 unspecified atom stereocenters. The van der Waals surface area contributed by atoms with Crippen molar-refractivity contribution in [2.75, 3.05) is 0 Å². The van der Waals surface area contributed by atoms with E-state index in [2.05, 4.69) is 15.9 Å². The van der Waals surface area contributed by atoms with Crippen molar-refractivity contribution in [3.63, 3.8) is 0 Å². The van der Waals surface area contributed by atoms with Crippen LogP contribution in [0.3, 0.4) is 0 Å². The highest BCUT2D eigenvalue weighted by Crippen LogP contribution is 2.28. The quantitative estimate of drug-likeness (QED) is 0.876. The topological polar surface area (TPSA) is 26.0 Å². The highest BCUT2D eigenvalue weighted by molar-refractivity contribution is 9.10. The van der Waals surface area contributed by atoms with E-state index in [1.165, 1.54) is 12.1 Å². The van der Waals surface area contributed by atoms with Crippen LogP contribution >= 0.6 is 15.9 Å². The monoisotopic (exact) mass is 329 g/mol. The van der Waals surface area contributed by atoms with Crippen molar-refractivity contribution in [1.29, 1.82) is 0 Å². The van der Waals surface area contributed by atoms with Gasteiger partial charge in [-0.25, -0.2) is 13.2 Å². The molecule has 1 nitrogen and oxygen atoms in total. The average Bonchev–Trinajstić information content (AvgIpc) is 2.31. The Morgan fingerprint density at radius 2 is 1.58 bits per heavy atom. The summed E-state index contributed by atoms with van der Waals surface area (Å²) in [6.45, 7) is 1.60. The van der Waals surface area contributed by atoms with Gasteiger partial charge in [-0.05, 0) is 36.2 Å². The molecule has 0 aliphatic carbocycles. The van der Waals surface area contributed by atoms with Crippen LogP contribution in [0.1, 0.15) is 22.7 Å². The van der Waals surface area contributed by atoms with Crippen molar-refractivity contribution in [1.82, 2.24) is 0 Å². The van der Waals surface area contributed by atoms with Crippen molar-refractivity contribution >= 4 is 15.9 Å². The predicted molar refractivity (Wildman–Crippen MR) is 71.2 cm³/mol. The van der Waals surface area contributed by atoms with Crippen LogP contribution in [0.5, 0.6) is 0 Å². The Morgan fingerprint density at radius 3 is 2.11 bits per heavy atom. The summed E-state index contributed by atoms with van der Waals surface area (Å²) in [6, 6.07) is 5.48. The van der Waals surface area contributed by atoms with Crippen LogP contribution in [0.25, 0.3) is 0 Å². The second-order valence-electron chi connectivity index (χ2n) is 4.27. The molecule has 2 N–H and O–H groups in total. The normalized spacial score (nSPS) is 12.5. The third-order valence-corrected chi connectivity index (χ3v) is 3.37. The standard InChI is InChI=1S/C14H11BrF3N/c1-7-2-3-8(4-10(7)16)14(19)13-11(17)5-9(15)6-12(13)18/h2-6,14H,19H2,1H3. The van der Waals surface area contributed by atoms with Crippen LogP contribution in [-0.4, -0.2) is 0 Å². The van der Waals surface area contributed by atoms with E-state index in [1.54, 1.807) is 13.0 Å². The lowest BCUT2D eigenvalue weighted by Gasteiger charge is -2.15. The van der Waals surface area contributed by atoms with Gasteiger partial charge in [0.2, 0.25) is 0 Å². The number of benzene rings is 2. The van der Waals surface area contributed by atoms with Gasteiger partial charge in [-0.3, -0.25) is 0 Å². The Morgan fingerprint density at radius 1 is 1.00 bits per heavy atom. The molecule has 0 aromatic heterocycles. The van der Waals surface area contributed by atoms with E-state index in [9.17, 15) is 13.2 Å². The smallest absolute Gasteiger partial charge is 0.132 e. The molecule has 2 aromatic rings. The van der Waals surface area contributed by atoms with Crippen LogP contribution in [0, 0.1) is 24.4 Å². The zero-order valence-corrected chi connectivity index (χ0v) is 11.6. The van der Waals surface area contributed by atoms with Crippen LogP contribution in [0.2, 0.25) is 0 Å². The van der Waals surface area contributed by atoms with Gasteiger partial charge in [0.05, 0.1) is 6.04 Å². The molecule has 0 aliphatic heterocycles. The number of rotatable bonds is 2. The first-order valence-electron chi connectivity index (χ1n) is 5.56. The maximum Gasteiger partial charge on any atom is 0.132 e. The summed E-state index contributed by atoms with van der Waals surface area (Å²) in [5, 5.41) is 0. The molecule has 0 aliphatic rings. The lowest BCUT2D eigenvalue weighted by atomic mass is 9.97. The minimum absolute atomic E-state index is 0.272. The number of nitrogens with two attached hydrogens (primary N) is 1. The third kappa shape index (κ3) is 2.82. The van der Waals surface area contributed by atoms with Gasteiger partial charge >= 0.3 is 0 Å². The number of halogens is 4. The second kappa shape index (κ2) is 5.35. The van der Waals surface area contributed by atoms with E-state index in [-0.39, 0.29) is 10.0 Å². The highest BCUT2D eigenvalue weighted by atomic mass is 79.9. The minimum atomic E-state index is -1.05. The lowest BCUT2D eigenvalue weighted by Crippen LogP contribution is -2.16. The minimum Gasteiger partial charge on any atom is -0.320 e. The Hall–Kier alpha value is -1.33. The van der Waals surface area contributed by atoms with E-state index in [0.29, 0.717) is 11.1 Å². The summed E-state index contributed by atoms with van der Waals surface area (Å²) < 4.78 is 41.3. The molecule has 0 saturated heterocycles. The van der Waals surface area contributed by atoms with E-state index >= 15 is 0 Å². The first kappa shape index (κ1) is 14.1. The molecule has 0 amide bonds. The van der Waals surface area contributed by atoms with Crippen LogP contribution < -0.4 is 5.73 Å². The molecule has 0 radical (unpaired) electrons. The maximum atomic E-state index is 13.8. The fourth-order valence-corrected chi connectivity index (χ4v) is 2.22. The van der Waals surface area contributed by atoms with Crippen molar-refractivity contribution in [2.24, 2.45) is 5.73 Å². The molecule has 5 heteroatoms. The van der Waals surface area contributed by atoms with Crippen LogP contribution in [0.15, 0.2) is 34.8 Å². The summed E-state index contributed by atoms with van der Waals surface area (Å²) in [7, 11) is 0. The van der Waals surface area contributed by atoms with Crippen LogP contribution in [0.4, 0.5) is 13.2 Å². The summed E-state index contributed by atoms with van der Waals surface area (Å²) in [4.78, 5) is 0. The van der Waals surface area contributed by atoms with Gasteiger partial charge in [0.25, 0.3) is 0 Å². The summed E-state index contributed by atoms with van der Waals surface area (Å²) in [5.74, 6) is -1.98. The maximum absolute atomic E-state index is 13.8. The molecule has 100 valence electrons. The number of hydrogen-bond acceptors (Lipinski definition) is 1. The zero-order valence-electron chi connectivity index (χ0n) is 10.1. The molecule has 1 atom stereocenters. The molecule has 0 spiro atoms. The molecular weight excluding hydrogens is 319 g/mol. The first-order valence-corrected chi connectivity index (χ1v) is 6.35. The Bertz CT molecular complexity index is 605. The van der Waals surface area contributed by atoms with E-state index in [1.807, 2.05) is 0 Å². The summed E-state index contributed by atoms with van der Waals surface area (Å²) >= 11 is 2.99. The van der Waals surface area contributed by atoms with Crippen LogP contribution in [-0.2, 0) is 0 Å². The molecule has 2 rings (SSSR count).